The molecule has 0 spiro atoms. The molecule has 1 aromatic heterocycles. The van der Waals surface area contributed by atoms with Crippen LogP contribution in [0.25, 0.3) is 0 Å². The standard InChI is InChI=1S/C16H20N4O4S/c1-9(21)18-6-4-3-5-7-25-11-8-10(22)13-12(15(11)23)14(20-19-13)16(24)17-2/h8H,3-7H2,1-2H3,(H,17,24)(H,18,21)(H,19,20). The minimum Gasteiger partial charge on any atom is -0.356 e. The van der Waals surface area contributed by atoms with Crippen LogP contribution < -0.4 is 10.6 Å². The molecular formula is C16H20N4O4S. The van der Waals surface area contributed by atoms with Gasteiger partial charge in [0.1, 0.15) is 5.69 Å². The Kier molecular flexibility index (Phi) is 6.51. The summed E-state index contributed by atoms with van der Waals surface area (Å²) in [5, 5.41) is 11.4. The number of fused-ring (bicyclic) bond motifs is 1. The van der Waals surface area contributed by atoms with Crippen molar-refractivity contribution in [3.8, 4) is 0 Å². The Morgan fingerprint density at radius 3 is 2.68 bits per heavy atom. The molecule has 0 atom stereocenters. The number of H-pyrrole nitrogens is 1. The monoisotopic (exact) mass is 364 g/mol. The van der Waals surface area contributed by atoms with E-state index in [9.17, 15) is 19.2 Å². The third-order valence-corrected chi connectivity index (χ3v) is 4.73. The second-order valence-electron chi connectivity index (χ2n) is 5.50. The molecule has 0 aromatic carbocycles. The van der Waals surface area contributed by atoms with Crippen LogP contribution in [0.1, 0.15) is 57.5 Å². The van der Waals surface area contributed by atoms with Gasteiger partial charge in [0.05, 0.1) is 10.5 Å². The molecule has 1 aliphatic rings. The lowest BCUT2D eigenvalue weighted by Gasteiger charge is -2.11. The number of thioether (sulfide) groups is 1. The third-order valence-electron chi connectivity index (χ3n) is 3.62. The first-order chi connectivity index (χ1) is 12.0. The van der Waals surface area contributed by atoms with E-state index in [2.05, 4.69) is 20.8 Å². The number of carbonyl (C=O) groups excluding carboxylic acids is 4. The van der Waals surface area contributed by atoms with Gasteiger partial charge in [0.2, 0.25) is 17.5 Å². The highest BCUT2D eigenvalue weighted by Gasteiger charge is 2.33. The molecule has 0 saturated heterocycles. The molecule has 9 heteroatoms. The quantitative estimate of drug-likeness (QED) is 0.593. The maximum Gasteiger partial charge on any atom is 0.272 e. The summed E-state index contributed by atoms with van der Waals surface area (Å²) in [6.45, 7) is 2.11. The maximum absolute atomic E-state index is 12.6. The van der Waals surface area contributed by atoms with Crippen LogP contribution >= 0.6 is 11.8 Å². The molecule has 0 radical (unpaired) electrons. The van der Waals surface area contributed by atoms with Crippen molar-refractivity contribution in [2.45, 2.75) is 26.2 Å². The smallest absolute Gasteiger partial charge is 0.272 e. The number of aromatic amines is 1. The Labute approximate surface area is 149 Å². The number of aromatic nitrogens is 2. The number of carbonyl (C=O) groups is 4. The zero-order chi connectivity index (χ0) is 18.4. The highest BCUT2D eigenvalue weighted by Crippen LogP contribution is 2.29. The molecule has 3 N–H and O–H groups in total. The lowest BCUT2D eigenvalue weighted by molar-refractivity contribution is -0.118. The Hall–Kier alpha value is -2.42. The van der Waals surface area contributed by atoms with Crippen LogP contribution in [-0.2, 0) is 4.79 Å². The summed E-state index contributed by atoms with van der Waals surface area (Å²) in [5.74, 6) is -0.597. The van der Waals surface area contributed by atoms with E-state index >= 15 is 0 Å². The zero-order valence-corrected chi connectivity index (χ0v) is 14.9. The highest BCUT2D eigenvalue weighted by atomic mass is 32.2. The minimum atomic E-state index is -0.511. The first kappa shape index (κ1) is 18.9. The van der Waals surface area contributed by atoms with E-state index < -0.39 is 5.91 Å². The molecule has 8 nitrogen and oxygen atoms in total. The minimum absolute atomic E-state index is 0.0417. The number of rotatable bonds is 8. The van der Waals surface area contributed by atoms with Gasteiger partial charge in [0.25, 0.3) is 5.91 Å². The van der Waals surface area contributed by atoms with Gasteiger partial charge in [0.15, 0.2) is 5.69 Å². The van der Waals surface area contributed by atoms with Crippen LogP contribution in [0.3, 0.4) is 0 Å². The average molecular weight is 364 g/mol. The molecular weight excluding hydrogens is 344 g/mol. The number of unbranched alkanes of at least 4 members (excludes halogenated alkanes) is 2. The molecule has 0 fully saturated rings. The normalized spacial score (nSPS) is 13.3. The van der Waals surface area contributed by atoms with Crippen molar-refractivity contribution in [1.82, 2.24) is 20.8 Å². The predicted octanol–water partition coefficient (Wildman–Crippen LogP) is 1.07. The fraction of sp³-hybridized carbons (Fsp3) is 0.438. The molecule has 134 valence electrons. The molecule has 0 unspecified atom stereocenters. The molecule has 0 saturated carbocycles. The number of hydrogen-bond acceptors (Lipinski definition) is 6. The first-order valence-electron chi connectivity index (χ1n) is 7.94. The maximum atomic E-state index is 12.6. The summed E-state index contributed by atoms with van der Waals surface area (Å²) >= 11 is 1.30. The second kappa shape index (κ2) is 8.61. The number of nitrogens with zero attached hydrogens (tertiary/aromatic N) is 1. The number of amides is 2. The molecule has 0 aliphatic heterocycles. The average Bonchev–Trinajstić information content (AvgIpc) is 3.03. The predicted molar refractivity (Wildman–Crippen MR) is 93.7 cm³/mol. The number of hydrogen-bond donors (Lipinski definition) is 3. The number of nitrogens with one attached hydrogen (secondary N) is 3. The molecule has 1 heterocycles. The van der Waals surface area contributed by atoms with Crippen LogP contribution in [0.5, 0.6) is 0 Å². The van der Waals surface area contributed by atoms with Crippen LogP contribution in [0.15, 0.2) is 11.0 Å². The highest BCUT2D eigenvalue weighted by molar-refractivity contribution is 8.04. The summed E-state index contributed by atoms with van der Waals surface area (Å²) in [6, 6.07) is 0. The molecule has 0 bridgehead atoms. The van der Waals surface area contributed by atoms with Gasteiger partial charge in [-0.05, 0) is 18.6 Å². The summed E-state index contributed by atoms with van der Waals surface area (Å²) in [4.78, 5) is 47.6. The van der Waals surface area contributed by atoms with E-state index in [-0.39, 0.29) is 34.4 Å². The first-order valence-corrected chi connectivity index (χ1v) is 8.92. The Morgan fingerprint density at radius 2 is 2.00 bits per heavy atom. The van der Waals surface area contributed by atoms with E-state index in [4.69, 9.17) is 0 Å². The fourth-order valence-corrected chi connectivity index (χ4v) is 3.35. The van der Waals surface area contributed by atoms with Gasteiger partial charge in [-0.2, -0.15) is 5.10 Å². The molecule has 1 aliphatic carbocycles. The van der Waals surface area contributed by atoms with E-state index in [0.29, 0.717) is 17.2 Å². The van der Waals surface area contributed by atoms with E-state index in [1.807, 2.05) is 0 Å². The van der Waals surface area contributed by atoms with Crippen LogP contribution in [-0.4, -0.2) is 52.9 Å². The van der Waals surface area contributed by atoms with Gasteiger partial charge in [-0.15, -0.1) is 11.8 Å². The Balaban J connectivity index is 1.92. The molecule has 2 rings (SSSR count). The lowest BCUT2D eigenvalue weighted by atomic mass is 9.99. The zero-order valence-electron chi connectivity index (χ0n) is 14.1. The largest absolute Gasteiger partial charge is 0.356 e. The topological polar surface area (TPSA) is 121 Å². The Morgan fingerprint density at radius 1 is 1.24 bits per heavy atom. The summed E-state index contributed by atoms with van der Waals surface area (Å²) < 4.78 is 0. The van der Waals surface area contributed by atoms with Crippen molar-refractivity contribution in [3.63, 3.8) is 0 Å². The van der Waals surface area contributed by atoms with Gasteiger partial charge < -0.3 is 10.6 Å². The number of ketones is 2. The van der Waals surface area contributed by atoms with Crippen LogP contribution in [0, 0.1) is 0 Å². The number of Topliss-reactive ketones (excluding diaryl/α,β-unsaturated/α-hetero) is 1. The lowest BCUT2D eigenvalue weighted by Crippen LogP contribution is -2.23. The van der Waals surface area contributed by atoms with Crippen molar-refractivity contribution < 1.29 is 19.2 Å². The van der Waals surface area contributed by atoms with Crippen molar-refractivity contribution in [1.29, 1.82) is 0 Å². The number of allylic oxidation sites excluding steroid dienone is 2. The second-order valence-corrected chi connectivity index (χ2v) is 6.63. The SMILES string of the molecule is CNC(=O)c1n[nH]c2c1C(=O)C(SCCCCCNC(C)=O)=CC2=O. The Bertz CT molecular complexity index is 738. The molecule has 25 heavy (non-hydrogen) atoms. The summed E-state index contributed by atoms with van der Waals surface area (Å²) in [7, 11) is 1.44. The molecule has 2 amide bonds. The fourth-order valence-electron chi connectivity index (χ4n) is 2.36. The van der Waals surface area contributed by atoms with Crippen molar-refractivity contribution in [2.75, 3.05) is 19.3 Å². The van der Waals surface area contributed by atoms with Gasteiger partial charge >= 0.3 is 0 Å². The van der Waals surface area contributed by atoms with E-state index in [1.54, 1.807) is 0 Å². The van der Waals surface area contributed by atoms with Crippen molar-refractivity contribution in [2.24, 2.45) is 0 Å². The van der Waals surface area contributed by atoms with Crippen LogP contribution in [0.2, 0.25) is 0 Å². The summed E-state index contributed by atoms with van der Waals surface area (Å²) in [5.41, 5.74) is 0.0422. The van der Waals surface area contributed by atoms with Crippen LogP contribution in [0.4, 0.5) is 0 Å². The van der Waals surface area contributed by atoms with Crippen molar-refractivity contribution >= 4 is 35.1 Å². The van der Waals surface area contributed by atoms with Gasteiger partial charge in [-0.1, -0.05) is 6.42 Å². The third kappa shape index (κ3) is 4.56. The summed E-state index contributed by atoms with van der Waals surface area (Å²) in [6.07, 6.45) is 3.91. The van der Waals surface area contributed by atoms with Crippen molar-refractivity contribution in [3.05, 3.63) is 27.9 Å². The van der Waals surface area contributed by atoms with Gasteiger partial charge in [-0.3, -0.25) is 24.3 Å². The van der Waals surface area contributed by atoms with Gasteiger partial charge in [-0.25, -0.2) is 0 Å². The molecule has 1 aromatic rings. The van der Waals surface area contributed by atoms with E-state index in [1.165, 1.54) is 31.8 Å². The van der Waals surface area contributed by atoms with Gasteiger partial charge in [0, 0.05) is 26.6 Å². The van der Waals surface area contributed by atoms with E-state index in [0.717, 1.165) is 19.3 Å².